The number of halogens is 1. The highest BCUT2D eigenvalue weighted by atomic mass is 79.9. The van der Waals surface area contributed by atoms with Gasteiger partial charge in [0.2, 0.25) is 5.89 Å². The highest BCUT2D eigenvalue weighted by Crippen LogP contribution is 2.31. The van der Waals surface area contributed by atoms with Crippen LogP contribution in [0.5, 0.6) is 5.75 Å². The zero-order chi connectivity index (χ0) is 12.5. The first-order chi connectivity index (χ1) is 8.78. The van der Waals surface area contributed by atoms with Crippen LogP contribution in [0, 0.1) is 0 Å². The van der Waals surface area contributed by atoms with Gasteiger partial charge in [0.05, 0.1) is 12.7 Å². The zero-order valence-electron chi connectivity index (χ0n) is 9.55. The van der Waals surface area contributed by atoms with Crippen LogP contribution in [-0.4, -0.2) is 17.1 Å². The van der Waals surface area contributed by atoms with Crippen molar-refractivity contribution in [1.29, 1.82) is 0 Å². The third kappa shape index (κ3) is 1.86. The van der Waals surface area contributed by atoms with E-state index in [1.165, 1.54) is 0 Å². The zero-order valence-corrected chi connectivity index (χ0v) is 11.1. The second kappa shape index (κ2) is 4.42. The topological polar surface area (TPSA) is 48.2 Å². The Balaban J connectivity index is 2.19. The quantitative estimate of drug-likeness (QED) is 0.678. The molecule has 3 rings (SSSR count). The number of fused-ring (bicyclic) bond motifs is 1. The van der Waals surface area contributed by atoms with Crippen LogP contribution in [0.1, 0.15) is 0 Å². The van der Waals surface area contributed by atoms with Crippen molar-refractivity contribution in [3.8, 4) is 17.2 Å². The molecule has 0 bridgehead atoms. The summed E-state index contributed by atoms with van der Waals surface area (Å²) in [6.45, 7) is 0. The van der Waals surface area contributed by atoms with Gasteiger partial charge in [-0.1, -0.05) is 12.1 Å². The number of hydrogen-bond acceptors (Lipinski definition) is 4. The summed E-state index contributed by atoms with van der Waals surface area (Å²) >= 11 is 3.31. The Bertz CT molecular complexity index is 709. The fourth-order valence-corrected chi connectivity index (χ4v) is 2.03. The standard InChI is InChI=1S/C13H9BrN2O2/c1-17-9-5-3-2-4-8(9)13-16-12-10(18-13)6-7-11(14)15-12/h2-7H,1H3. The van der Waals surface area contributed by atoms with Crippen LogP contribution in [0.15, 0.2) is 45.4 Å². The van der Waals surface area contributed by atoms with Crippen LogP contribution in [0.3, 0.4) is 0 Å². The lowest BCUT2D eigenvalue weighted by atomic mass is 10.2. The maximum atomic E-state index is 5.68. The van der Waals surface area contributed by atoms with Crippen molar-refractivity contribution < 1.29 is 9.15 Å². The van der Waals surface area contributed by atoms with Crippen molar-refractivity contribution in [1.82, 2.24) is 9.97 Å². The third-order valence-electron chi connectivity index (χ3n) is 2.56. The second-order valence-corrected chi connectivity index (χ2v) is 4.49. The first-order valence-electron chi connectivity index (χ1n) is 5.34. The first-order valence-corrected chi connectivity index (χ1v) is 6.14. The number of methoxy groups -OCH3 is 1. The predicted molar refractivity (Wildman–Crippen MR) is 71.5 cm³/mol. The average molecular weight is 305 g/mol. The Hall–Kier alpha value is -1.88. The van der Waals surface area contributed by atoms with E-state index in [0.29, 0.717) is 17.1 Å². The van der Waals surface area contributed by atoms with E-state index in [-0.39, 0.29) is 0 Å². The van der Waals surface area contributed by atoms with Crippen LogP contribution in [0.25, 0.3) is 22.7 Å². The molecule has 0 atom stereocenters. The Morgan fingerprint density at radius 2 is 1.94 bits per heavy atom. The summed E-state index contributed by atoms with van der Waals surface area (Å²) in [7, 11) is 1.62. The van der Waals surface area contributed by atoms with E-state index >= 15 is 0 Å². The van der Waals surface area contributed by atoms with Crippen molar-refractivity contribution >= 4 is 27.2 Å². The third-order valence-corrected chi connectivity index (χ3v) is 3.00. The number of nitrogens with zero attached hydrogens (tertiary/aromatic N) is 2. The number of ether oxygens (including phenoxy) is 1. The van der Waals surface area contributed by atoms with Crippen molar-refractivity contribution in [2.75, 3.05) is 7.11 Å². The van der Waals surface area contributed by atoms with Gasteiger partial charge in [0.25, 0.3) is 0 Å². The Labute approximate surface area is 112 Å². The van der Waals surface area contributed by atoms with Crippen LogP contribution in [0.4, 0.5) is 0 Å². The second-order valence-electron chi connectivity index (χ2n) is 3.68. The Morgan fingerprint density at radius 3 is 2.78 bits per heavy atom. The summed E-state index contributed by atoms with van der Waals surface area (Å²) in [4.78, 5) is 8.61. The molecular formula is C13H9BrN2O2. The first kappa shape index (κ1) is 11.2. The van der Waals surface area contributed by atoms with E-state index in [1.807, 2.05) is 36.4 Å². The van der Waals surface area contributed by atoms with Gasteiger partial charge in [-0.15, -0.1) is 0 Å². The summed E-state index contributed by atoms with van der Waals surface area (Å²) in [6.07, 6.45) is 0. The molecule has 4 nitrogen and oxygen atoms in total. The maximum Gasteiger partial charge on any atom is 0.232 e. The van der Waals surface area contributed by atoms with Crippen molar-refractivity contribution in [2.45, 2.75) is 0 Å². The molecule has 2 heterocycles. The van der Waals surface area contributed by atoms with E-state index in [1.54, 1.807) is 7.11 Å². The van der Waals surface area contributed by atoms with Crippen molar-refractivity contribution in [3.05, 3.63) is 41.0 Å². The number of rotatable bonds is 2. The summed E-state index contributed by atoms with van der Waals surface area (Å²) < 4.78 is 11.7. The van der Waals surface area contributed by atoms with Gasteiger partial charge in [0, 0.05) is 0 Å². The molecule has 0 aliphatic heterocycles. The predicted octanol–water partition coefficient (Wildman–Crippen LogP) is 3.66. The van der Waals surface area contributed by atoms with Crippen molar-refractivity contribution in [2.24, 2.45) is 0 Å². The lowest BCUT2D eigenvalue weighted by molar-refractivity contribution is 0.414. The molecule has 0 spiro atoms. The van der Waals surface area contributed by atoms with Gasteiger partial charge in [-0.25, -0.2) is 4.98 Å². The monoisotopic (exact) mass is 304 g/mol. The van der Waals surface area contributed by atoms with Crippen LogP contribution >= 0.6 is 15.9 Å². The van der Waals surface area contributed by atoms with Gasteiger partial charge in [0.1, 0.15) is 10.4 Å². The average Bonchev–Trinajstić information content (AvgIpc) is 2.81. The Morgan fingerprint density at radius 1 is 1.11 bits per heavy atom. The molecule has 0 unspecified atom stereocenters. The van der Waals surface area contributed by atoms with E-state index in [2.05, 4.69) is 25.9 Å². The molecule has 0 saturated heterocycles. The van der Waals surface area contributed by atoms with Gasteiger partial charge in [-0.2, -0.15) is 4.98 Å². The number of pyridine rings is 1. The molecular weight excluding hydrogens is 296 g/mol. The fraction of sp³-hybridized carbons (Fsp3) is 0.0769. The minimum absolute atomic E-state index is 0.507. The minimum Gasteiger partial charge on any atom is -0.496 e. The molecule has 0 fully saturated rings. The van der Waals surface area contributed by atoms with Gasteiger partial charge >= 0.3 is 0 Å². The Kier molecular flexibility index (Phi) is 2.76. The molecule has 0 N–H and O–H groups in total. The molecule has 0 radical (unpaired) electrons. The molecule has 3 aromatic rings. The smallest absolute Gasteiger partial charge is 0.232 e. The van der Waals surface area contributed by atoms with Crippen molar-refractivity contribution in [3.63, 3.8) is 0 Å². The number of oxazole rings is 1. The molecule has 18 heavy (non-hydrogen) atoms. The summed E-state index contributed by atoms with van der Waals surface area (Å²) in [5.41, 5.74) is 2.04. The number of hydrogen-bond donors (Lipinski definition) is 0. The maximum absolute atomic E-state index is 5.68. The minimum atomic E-state index is 0.507. The molecule has 5 heteroatoms. The van der Waals surface area contributed by atoms with E-state index in [9.17, 15) is 0 Å². The van der Waals surface area contributed by atoms with E-state index < -0.39 is 0 Å². The summed E-state index contributed by atoms with van der Waals surface area (Å²) in [5, 5.41) is 0. The number of benzene rings is 1. The van der Waals surface area contributed by atoms with Gasteiger partial charge in [-0.05, 0) is 40.2 Å². The van der Waals surface area contributed by atoms with Crippen LogP contribution in [0.2, 0.25) is 0 Å². The van der Waals surface area contributed by atoms with Gasteiger partial charge in [-0.3, -0.25) is 0 Å². The normalized spacial score (nSPS) is 10.8. The fourth-order valence-electron chi connectivity index (χ4n) is 1.73. The lowest BCUT2D eigenvalue weighted by Crippen LogP contribution is -1.87. The highest BCUT2D eigenvalue weighted by molar-refractivity contribution is 9.10. The molecule has 0 aliphatic carbocycles. The van der Waals surface area contributed by atoms with Gasteiger partial charge < -0.3 is 9.15 Å². The molecule has 0 aliphatic rings. The highest BCUT2D eigenvalue weighted by Gasteiger charge is 2.13. The van der Waals surface area contributed by atoms with E-state index in [0.717, 1.165) is 15.9 Å². The SMILES string of the molecule is COc1ccccc1-c1nc2nc(Br)ccc2o1. The van der Waals surface area contributed by atoms with Crippen LogP contribution in [-0.2, 0) is 0 Å². The molecule has 1 aromatic carbocycles. The lowest BCUT2D eigenvalue weighted by Gasteiger charge is -2.03. The van der Waals surface area contributed by atoms with Gasteiger partial charge in [0.15, 0.2) is 11.2 Å². The molecule has 0 saturated carbocycles. The van der Waals surface area contributed by atoms with Crippen LogP contribution < -0.4 is 4.74 Å². The molecule has 2 aromatic heterocycles. The summed E-state index contributed by atoms with van der Waals surface area (Å²) in [5.74, 6) is 1.23. The molecule has 90 valence electrons. The summed E-state index contributed by atoms with van der Waals surface area (Å²) in [6, 6.07) is 11.2. The largest absolute Gasteiger partial charge is 0.496 e. The number of aromatic nitrogens is 2. The van der Waals surface area contributed by atoms with E-state index in [4.69, 9.17) is 9.15 Å². The molecule has 0 amide bonds. The number of para-hydroxylation sites is 1.